The molecule has 0 amide bonds. The van der Waals surface area contributed by atoms with E-state index in [1.165, 1.54) is 5.56 Å². The molecule has 2 aromatic rings. The van der Waals surface area contributed by atoms with Crippen molar-refractivity contribution in [2.24, 2.45) is 0 Å². The summed E-state index contributed by atoms with van der Waals surface area (Å²) in [5, 5.41) is 9.52. The second-order valence-electron chi connectivity index (χ2n) is 4.26. The van der Waals surface area contributed by atoms with Gasteiger partial charge < -0.3 is 9.84 Å². The molecule has 0 unspecified atom stereocenters. The van der Waals surface area contributed by atoms with E-state index in [1.54, 1.807) is 18.2 Å². The lowest BCUT2D eigenvalue weighted by atomic mass is 10.1. The quantitative estimate of drug-likeness (QED) is 0.781. The zero-order chi connectivity index (χ0) is 12.6. The summed E-state index contributed by atoms with van der Waals surface area (Å²) in [7, 11) is 0. The third kappa shape index (κ3) is 3.81. The molecule has 2 aromatic carbocycles. The standard InChI is InChI=1S/C16H18O2/c17-15-11-4-5-12-16(15)18-13-7-6-10-14-8-2-1-3-9-14/h1-5,8-9,11-12,17H,6-7,10,13H2. The number of phenolic OH excluding ortho intramolecular Hbond substituents is 1. The van der Waals surface area contributed by atoms with E-state index < -0.39 is 0 Å². The van der Waals surface area contributed by atoms with Crippen LogP contribution in [0.4, 0.5) is 0 Å². The molecule has 18 heavy (non-hydrogen) atoms. The summed E-state index contributed by atoms with van der Waals surface area (Å²) in [6.45, 7) is 0.643. The van der Waals surface area contributed by atoms with Crippen LogP contribution in [0.5, 0.6) is 11.5 Å². The second kappa shape index (κ2) is 6.70. The first-order valence-corrected chi connectivity index (χ1v) is 6.31. The minimum Gasteiger partial charge on any atom is -0.504 e. The van der Waals surface area contributed by atoms with Gasteiger partial charge in [0.1, 0.15) is 0 Å². The van der Waals surface area contributed by atoms with Gasteiger partial charge in [0.15, 0.2) is 11.5 Å². The first kappa shape index (κ1) is 12.5. The van der Waals surface area contributed by atoms with Gasteiger partial charge >= 0.3 is 0 Å². The maximum atomic E-state index is 9.52. The van der Waals surface area contributed by atoms with Crippen molar-refractivity contribution in [3.8, 4) is 11.5 Å². The maximum absolute atomic E-state index is 9.52. The molecule has 94 valence electrons. The highest BCUT2D eigenvalue weighted by molar-refractivity contribution is 5.37. The maximum Gasteiger partial charge on any atom is 0.160 e. The molecule has 0 spiro atoms. The molecule has 0 aromatic heterocycles. The number of para-hydroxylation sites is 2. The van der Waals surface area contributed by atoms with Crippen LogP contribution in [-0.4, -0.2) is 11.7 Å². The summed E-state index contributed by atoms with van der Waals surface area (Å²) >= 11 is 0. The number of benzene rings is 2. The SMILES string of the molecule is Oc1ccccc1OCCCCc1ccccc1. The minimum absolute atomic E-state index is 0.209. The number of hydrogen-bond donors (Lipinski definition) is 1. The van der Waals surface area contributed by atoms with Crippen LogP contribution in [0.1, 0.15) is 18.4 Å². The fraction of sp³-hybridized carbons (Fsp3) is 0.250. The Morgan fingerprint density at radius 3 is 2.33 bits per heavy atom. The Bertz CT molecular complexity index is 466. The van der Waals surface area contributed by atoms with Gasteiger partial charge in [-0.15, -0.1) is 0 Å². The fourth-order valence-electron chi connectivity index (χ4n) is 1.84. The Morgan fingerprint density at radius 2 is 1.56 bits per heavy atom. The van der Waals surface area contributed by atoms with Gasteiger partial charge in [-0.3, -0.25) is 0 Å². The number of ether oxygens (including phenoxy) is 1. The average molecular weight is 242 g/mol. The Balaban J connectivity index is 1.66. The van der Waals surface area contributed by atoms with E-state index in [2.05, 4.69) is 24.3 Å². The zero-order valence-corrected chi connectivity index (χ0v) is 10.4. The summed E-state index contributed by atoms with van der Waals surface area (Å²) in [6.07, 6.45) is 3.16. The first-order chi connectivity index (χ1) is 8.86. The molecule has 2 nitrogen and oxygen atoms in total. The van der Waals surface area contributed by atoms with E-state index in [9.17, 15) is 5.11 Å². The zero-order valence-electron chi connectivity index (χ0n) is 10.4. The molecule has 0 aliphatic heterocycles. The van der Waals surface area contributed by atoms with Crippen molar-refractivity contribution in [1.82, 2.24) is 0 Å². The van der Waals surface area contributed by atoms with Crippen LogP contribution < -0.4 is 4.74 Å². The topological polar surface area (TPSA) is 29.5 Å². The normalized spacial score (nSPS) is 10.2. The Labute approximate surface area is 108 Å². The molecule has 2 heteroatoms. The number of aromatic hydroxyl groups is 1. The van der Waals surface area contributed by atoms with Gasteiger partial charge in [0.25, 0.3) is 0 Å². The highest BCUT2D eigenvalue weighted by Gasteiger charge is 1.99. The molecule has 0 heterocycles. The van der Waals surface area contributed by atoms with Gasteiger partial charge in [-0.05, 0) is 37.0 Å². The van der Waals surface area contributed by atoms with Gasteiger partial charge in [-0.1, -0.05) is 42.5 Å². The molecule has 2 rings (SSSR count). The molecule has 1 N–H and O–H groups in total. The van der Waals surface area contributed by atoms with Gasteiger partial charge in [0.2, 0.25) is 0 Å². The van der Waals surface area contributed by atoms with Crippen LogP contribution >= 0.6 is 0 Å². The summed E-state index contributed by atoms with van der Waals surface area (Å²) in [5.41, 5.74) is 1.36. The average Bonchev–Trinajstić information content (AvgIpc) is 2.42. The van der Waals surface area contributed by atoms with Crippen LogP contribution in [0.2, 0.25) is 0 Å². The summed E-state index contributed by atoms with van der Waals surface area (Å²) in [5.74, 6) is 0.776. The number of aryl methyl sites for hydroxylation is 1. The van der Waals surface area contributed by atoms with Crippen molar-refractivity contribution in [1.29, 1.82) is 0 Å². The number of unbranched alkanes of at least 4 members (excludes halogenated alkanes) is 1. The van der Waals surface area contributed by atoms with E-state index in [-0.39, 0.29) is 5.75 Å². The molecule has 0 radical (unpaired) electrons. The number of hydrogen-bond acceptors (Lipinski definition) is 2. The molecule has 0 saturated carbocycles. The number of rotatable bonds is 6. The molecule has 0 atom stereocenters. The lowest BCUT2D eigenvalue weighted by Gasteiger charge is -2.07. The van der Waals surface area contributed by atoms with Crippen LogP contribution in [-0.2, 0) is 6.42 Å². The monoisotopic (exact) mass is 242 g/mol. The molecule has 0 bridgehead atoms. The molecular weight excluding hydrogens is 224 g/mol. The van der Waals surface area contributed by atoms with Crippen molar-refractivity contribution in [2.75, 3.05) is 6.61 Å². The highest BCUT2D eigenvalue weighted by Crippen LogP contribution is 2.24. The lowest BCUT2D eigenvalue weighted by Crippen LogP contribution is -1.98. The predicted octanol–water partition coefficient (Wildman–Crippen LogP) is 3.79. The summed E-state index contributed by atoms with van der Waals surface area (Å²) in [6, 6.07) is 17.5. The van der Waals surface area contributed by atoms with Gasteiger partial charge in [-0.2, -0.15) is 0 Å². The summed E-state index contributed by atoms with van der Waals surface area (Å²) in [4.78, 5) is 0. The molecule has 0 aliphatic rings. The van der Waals surface area contributed by atoms with Crippen molar-refractivity contribution < 1.29 is 9.84 Å². The van der Waals surface area contributed by atoms with Crippen molar-refractivity contribution in [3.05, 3.63) is 60.2 Å². The minimum atomic E-state index is 0.209. The van der Waals surface area contributed by atoms with E-state index in [4.69, 9.17) is 4.74 Å². The highest BCUT2D eigenvalue weighted by atomic mass is 16.5. The van der Waals surface area contributed by atoms with Crippen molar-refractivity contribution >= 4 is 0 Å². The Hall–Kier alpha value is -1.96. The van der Waals surface area contributed by atoms with Crippen LogP contribution in [0.3, 0.4) is 0 Å². The fourth-order valence-corrected chi connectivity index (χ4v) is 1.84. The van der Waals surface area contributed by atoms with E-state index >= 15 is 0 Å². The largest absolute Gasteiger partial charge is 0.504 e. The van der Waals surface area contributed by atoms with Crippen LogP contribution in [0.15, 0.2) is 54.6 Å². The van der Waals surface area contributed by atoms with Gasteiger partial charge in [0.05, 0.1) is 6.61 Å². The molecular formula is C16H18O2. The van der Waals surface area contributed by atoms with Gasteiger partial charge in [-0.25, -0.2) is 0 Å². The third-order valence-electron chi connectivity index (χ3n) is 2.83. The van der Waals surface area contributed by atoms with Crippen molar-refractivity contribution in [2.45, 2.75) is 19.3 Å². The van der Waals surface area contributed by atoms with E-state index in [0.717, 1.165) is 19.3 Å². The van der Waals surface area contributed by atoms with Gasteiger partial charge in [0, 0.05) is 0 Å². The lowest BCUT2D eigenvalue weighted by molar-refractivity contribution is 0.291. The molecule has 0 fully saturated rings. The first-order valence-electron chi connectivity index (χ1n) is 6.31. The van der Waals surface area contributed by atoms with Crippen LogP contribution in [0.25, 0.3) is 0 Å². The van der Waals surface area contributed by atoms with Crippen molar-refractivity contribution in [3.63, 3.8) is 0 Å². The molecule has 0 aliphatic carbocycles. The molecule has 0 saturated heterocycles. The smallest absolute Gasteiger partial charge is 0.160 e. The second-order valence-corrected chi connectivity index (χ2v) is 4.26. The van der Waals surface area contributed by atoms with E-state index in [1.807, 2.05) is 12.1 Å². The number of phenols is 1. The predicted molar refractivity (Wildman–Crippen MR) is 73.0 cm³/mol. The Kier molecular flexibility index (Phi) is 4.65. The van der Waals surface area contributed by atoms with E-state index in [0.29, 0.717) is 12.4 Å². The summed E-state index contributed by atoms with van der Waals surface area (Å²) < 4.78 is 5.52. The van der Waals surface area contributed by atoms with Crippen LogP contribution in [0, 0.1) is 0 Å². The third-order valence-corrected chi connectivity index (χ3v) is 2.83. The Morgan fingerprint density at radius 1 is 0.833 bits per heavy atom.